The predicted molar refractivity (Wildman–Crippen MR) is 301 cm³/mol. The number of amides is 6. The van der Waals surface area contributed by atoms with Crippen molar-refractivity contribution in [1.29, 1.82) is 0 Å². The third-order valence-corrected chi connectivity index (χ3v) is 13.2. The molecule has 6 atom stereocenters. The standard InChI is InChI=1S/C62H74N6O13/c1-40(79-39-42-22-13-9-14-23-42)53(66-55(73)50-30-21-35-68(50)57(75)48(38-52(70)71)65-59(77)81-61(5,6)7)56(74)63-47(54(72)64-49(58(76)78-8)36-41-31-33-46(34-32-41)80-60(2,3)4)37-51(69)67-62(43-24-15-10-16-25-43,44-26-17-11-18-27-44)45-28-19-12-20-29-45/h9-20,22-29,31-34,40,47-50,53H,21,30,35-39H2,1-8H3,(H,63,74)(H,64,72)(H,65,77)(H,66,73)(H,67,69)(H,70,71)/t40-,47+,48+,49+,50-,53+/m1/s1. The van der Waals surface area contributed by atoms with Gasteiger partial charge in [-0.05, 0) is 101 Å². The number of ether oxygens (including phenoxy) is 4. The molecule has 0 unspecified atom stereocenters. The van der Waals surface area contributed by atoms with Crippen LogP contribution in [0.2, 0.25) is 0 Å². The van der Waals surface area contributed by atoms with Gasteiger partial charge in [0.15, 0.2) is 0 Å². The second-order valence-corrected chi connectivity index (χ2v) is 21.8. The molecule has 0 saturated carbocycles. The van der Waals surface area contributed by atoms with Gasteiger partial charge in [0, 0.05) is 13.0 Å². The number of carbonyl (C=O) groups is 8. The fraction of sp³-hybridized carbons (Fsp3) is 0.387. The minimum atomic E-state index is -1.74. The first-order chi connectivity index (χ1) is 38.5. The van der Waals surface area contributed by atoms with Gasteiger partial charge in [0.05, 0.1) is 32.7 Å². The van der Waals surface area contributed by atoms with E-state index in [4.69, 9.17) is 18.9 Å². The number of aliphatic carboxylic acids is 1. The topological polar surface area (TPSA) is 257 Å². The molecule has 0 aliphatic carbocycles. The molecule has 6 amide bonds. The number of alkyl carbamates (subject to hydrolysis) is 1. The minimum absolute atomic E-state index is 0.00392. The lowest BCUT2D eigenvalue weighted by Crippen LogP contribution is -2.62. The van der Waals surface area contributed by atoms with E-state index in [2.05, 4.69) is 26.6 Å². The molecule has 1 saturated heterocycles. The maximum atomic E-state index is 15.1. The number of esters is 1. The van der Waals surface area contributed by atoms with Gasteiger partial charge in [0.25, 0.3) is 0 Å². The van der Waals surface area contributed by atoms with Crippen molar-refractivity contribution in [2.24, 2.45) is 0 Å². The highest BCUT2D eigenvalue weighted by Gasteiger charge is 2.43. The van der Waals surface area contributed by atoms with Crippen molar-refractivity contribution in [3.63, 3.8) is 0 Å². The van der Waals surface area contributed by atoms with Gasteiger partial charge >= 0.3 is 18.0 Å². The van der Waals surface area contributed by atoms with Crippen LogP contribution in [0.4, 0.5) is 4.79 Å². The van der Waals surface area contributed by atoms with Crippen molar-refractivity contribution in [2.75, 3.05) is 13.7 Å². The zero-order valence-corrected chi connectivity index (χ0v) is 47.1. The maximum absolute atomic E-state index is 15.1. The van der Waals surface area contributed by atoms with Gasteiger partial charge in [-0.2, -0.15) is 0 Å². The zero-order valence-electron chi connectivity index (χ0n) is 47.1. The quantitative estimate of drug-likeness (QED) is 0.0286. The number of hydrogen-bond donors (Lipinski definition) is 6. The Morgan fingerprint density at radius 2 is 1.15 bits per heavy atom. The SMILES string of the molecule is COC(=O)[C@H](Cc1ccc(OC(C)(C)C)cc1)NC(=O)[C@H](CC(=O)NC(c1ccccc1)(c1ccccc1)c1ccccc1)NC(=O)[C@@H](NC(=O)[C@H]1CCCN1C(=O)[C@H](CC(=O)O)NC(=O)OC(C)(C)C)[C@@H](C)OCc1ccccc1. The highest BCUT2D eigenvalue weighted by Crippen LogP contribution is 2.37. The molecule has 6 N–H and O–H groups in total. The van der Waals surface area contributed by atoms with Crippen molar-refractivity contribution in [3.8, 4) is 5.75 Å². The molecule has 81 heavy (non-hydrogen) atoms. The summed E-state index contributed by atoms with van der Waals surface area (Å²) in [6.07, 6.45) is -3.40. The van der Waals surface area contributed by atoms with E-state index in [0.717, 1.165) is 17.6 Å². The van der Waals surface area contributed by atoms with E-state index >= 15 is 9.59 Å². The summed E-state index contributed by atoms with van der Waals surface area (Å²) in [5.74, 6) is -5.99. The Morgan fingerprint density at radius 3 is 1.65 bits per heavy atom. The van der Waals surface area contributed by atoms with Crippen LogP contribution < -0.4 is 31.3 Å². The summed E-state index contributed by atoms with van der Waals surface area (Å²) in [6.45, 7) is 12.0. The molecule has 19 nitrogen and oxygen atoms in total. The summed E-state index contributed by atoms with van der Waals surface area (Å²) in [7, 11) is 1.16. The molecule has 0 bridgehead atoms. The molecular formula is C62H74N6O13. The first-order valence-electron chi connectivity index (χ1n) is 26.9. The van der Waals surface area contributed by atoms with Crippen molar-refractivity contribution in [3.05, 3.63) is 173 Å². The molecule has 5 aromatic carbocycles. The summed E-state index contributed by atoms with van der Waals surface area (Å²) >= 11 is 0. The van der Waals surface area contributed by atoms with E-state index in [-0.39, 0.29) is 26.0 Å². The second-order valence-electron chi connectivity index (χ2n) is 21.8. The van der Waals surface area contributed by atoms with Crippen LogP contribution in [-0.2, 0) is 66.3 Å². The van der Waals surface area contributed by atoms with Gasteiger partial charge in [-0.25, -0.2) is 9.59 Å². The smallest absolute Gasteiger partial charge is 0.408 e. The summed E-state index contributed by atoms with van der Waals surface area (Å²) in [5.41, 5.74) is 0.538. The monoisotopic (exact) mass is 1110 g/mol. The molecule has 0 aromatic heterocycles. The van der Waals surface area contributed by atoms with E-state index in [9.17, 15) is 33.9 Å². The van der Waals surface area contributed by atoms with Crippen molar-refractivity contribution >= 4 is 47.6 Å². The van der Waals surface area contributed by atoms with Gasteiger partial charge < -0.3 is 55.5 Å². The number of rotatable bonds is 24. The summed E-state index contributed by atoms with van der Waals surface area (Å²) in [5, 5.41) is 23.5. The van der Waals surface area contributed by atoms with Crippen LogP contribution in [0.5, 0.6) is 5.75 Å². The Labute approximate surface area is 472 Å². The summed E-state index contributed by atoms with van der Waals surface area (Å²) in [4.78, 5) is 114. The van der Waals surface area contributed by atoms with Gasteiger partial charge in [-0.3, -0.25) is 28.8 Å². The van der Waals surface area contributed by atoms with E-state index in [1.165, 1.54) is 6.92 Å². The van der Waals surface area contributed by atoms with E-state index < -0.39 is 113 Å². The first-order valence-corrected chi connectivity index (χ1v) is 26.9. The maximum Gasteiger partial charge on any atom is 0.408 e. The van der Waals surface area contributed by atoms with Crippen molar-refractivity contribution in [1.82, 2.24) is 31.5 Å². The Balaban J connectivity index is 1.37. The van der Waals surface area contributed by atoms with Crippen LogP contribution in [0.15, 0.2) is 146 Å². The van der Waals surface area contributed by atoms with Crippen LogP contribution in [0.3, 0.4) is 0 Å². The van der Waals surface area contributed by atoms with E-state index in [1.54, 1.807) is 69.3 Å². The fourth-order valence-electron chi connectivity index (χ4n) is 9.46. The molecule has 0 radical (unpaired) electrons. The van der Waals surface area contributed by atoms with Crippen LogP contribution in [0.25, 0.3) is 0 Å². The summed E-state index contributed by atoms with van der Waals surface area (Å²) < 4.78 is 22.7. The number of nitrogens with one attached hydrogen (secondary N) is 5. The molecule has 1 fully saturated rings. The number of carboxylic acid groups (broad SMARTS) is 1. The Morgan fingerprint density at radius 1 is 0.617 bits per heavy atom. The molecular weight excluding hydrogens is 1040 g/mol. The summed E-state index contributed by atoms with van der Waals surface area (Å²) in [6, 6.07) is 36.1. The normalized spacial score (nSPS) is 15.3. The number of hydrogen-bond acceptors (Lipinski definition) is 12. The molecule has 430 valence electrons. The van der Waals surface area contributed by atoms with Crippen LogP contribution in [0, 0.1) is 0 Å². The second kappa shape index (κ2) is 28.0. The molecule has 1 aliphatic rings. The highest BCUT2D eigenvalue weighted by molar-refractivity contribution is 5.98. The highest BCUT2D eigenvalue weighted by atomic mass is 16.6. The number of carbonyl (C=O) groups excluding carboxylic acids is 7. The zero-order chi connectivity index (χ0) is 58.9. The Bertz CT molecular complexity index is 2840. The Kier molecular flexibility index (Phi) is 21.3. The molecule has 1 aliphatic heterocycles. The average molecular weight is 1110 g/mol. The van der Waals surface area contributed by atoms with Gasteiger partial charge in [0.1, 0.15) is 52.7 Å². The predicted octanol–water partition coefficient (Wildman–Crippen LogP) is 6.50. The van der Waals surface area contributed by atoms with Crippen LogP contribution in [-0.4, -0.2) is 119 Å². The molecule has 1 heterocycles. The minimum Gasteiger partial charge on any atom is -0.488 e. The first kappa shape index (κ1) is 61.6. The molecule has 0 spiro atoms. The number of carboxylic acids is 1. The third kappa shape index (κ3) is 17.7. The Hall–Kier alpha value is -8.58. The molecule has 5 aromatic rings. The van der Waals surface area contributed by atoms with Gasteiger partial charge in [-0.1, -0.05) is 133 Å². The van der Waals surface area contributed by atoms with Gasteiger partial charge in [0.2, 0.25) is 29.5 Å². The fourth-order valence-corrected chi connectivity index (χ4v) is 9.46. The van der Waals surface area contributed by atoms with E-state index in [1.807, 2.05) is 118 Å². The number of likely N-dealkylation sites (tertiary alicyclic amines) is 1. The molecule has 6 rings (SSSR count). The van der Waals surface area contributed by atoms with E-state index in [0.29, 0.717) is 34.4 Å². The molecule has 19 heteroatoms. The average Bonchev–Trinajstić information content (AvgIpc) is 4.07. The number of methoxy groups -OCH3 is 1. The van der Waals surface area contributed by atoms with Gasteiger partial charge in [-0.15, -0.1) is 0 Å². The lowest BCUT2D eigenvalue weighted by Gasteiger charge is -2.37. The lowest BCUT2D eigenvalue weighted by atomic mass is 9.77. The number of nitrogens with zero attached hydrogens (tertiary/aromatic N) is 1. The van der Waals surface area contributed by atoms with Crippen LogP contribution >= 0.6 is 0 Å². The van der Waals surface area contributed by atoms with Crippen molar-refractivity contribution < 1.29 is 62.4 Å². The van der Waals surface area contributed by atoms with Crippen LogP contribution in [0.1, 0.15) is 102 Å². The number of benzene rings is 5. The lowest BCUT2D eigenvalue weighted by molar-refractivity contribution is -0.146. The largest absolute Gasteiger partial charge is 0.488 e. The third-order valence-electron chi connectivity index (χ3n) is 13.2. The van der Waals surface area contributed by atoms with Crippen molar-refractivity contribution in [2.45, 2.75) is 140 Å².